The fraction of sp³-hybridized carbons (Fsp3) is 0.667. The van der Waals surface area contributed by atoms with Crippen LogP contribution in [-0.2, 0) is 9.59 Å². The number of primary amides is 2. The monoisotopic (exact) mass is 176 g/mol. The Morgan fingerprint density at radius 1 is 0.917 bits per heavy atom. The van der Waals surface area contributed by atoms with Crippen LogP contribution in [0.2, 0.25) is 0 Å². The van der Waals surface area contributed by atoms with E-state index in [4.69, 9.17) is 11.5 Å². The molecule has 0 bridgehead atoms. The first-order chi connectivity index (χ1) is 5.29. The molecule has 72 valence electrons. The molecule has 12 heavy (non-hydrogen) atoms. The van der Waals surface area contributed by atoms with Crippen LogP contribution in [0.1, 0.15) is 13.8 Å². The summed E-state index contributed by atoms with van der Waals surface area (Å²) in [5, 5.41) is 0. The molecule has 0 aliphatic carbocycles. The standard InChI is InChI=1S/2C3H8N2O/c2*1-2(4)3(5)6/h2*2H,4H2,1H3,(H2,5,6)/t2*2-/m10/s1. The summed E-state index contributed by atoms with van der Waals surface area (Å²) in [7, 11) is 0. The normalized spacial score (nSPS) is 13.7. The first-order valence-corrected chi connectivity index (χ1v) is 3.38. The van der Waals surface area contributed by atoms with E-state index in [1.165, 1.54) is 0 Å². The molecule has 0 aromatic carbocycles. The lowest BCUT2D eigenvalue weighted by Gasteiger charge is -1.91. The van der Waals surface area contributed by atoms with Gasteiger partial charge in [0.15, 0.2) is 0 Å². The fourth-order valence-corrected chi connectivity index (χ4v) is 0. The van der Waals surface area contributed by atoms with Gasteiger partial charge in [-0.3, -0.25) is 9.59 Å². The molecule has 0 saturated heterocycles. The second-order valence-electron chi connectivity index (χ2n) is 2.38. The zero-order chi connectivity index (χ0) is 10.3. The van der Waals surface area contributed by atoms with Gasteiger partial charge in [0.2, 0.25) is 11.8 Å². The first kappa shape index (κ1) is 13.4. The van der Waals surface area contributed by atoms with Crippen LogP contribution >= 0.6 is 0 Å². The molecule has 0 aromatic rings. The predicted molar refractivity (Wildman–Crippen MR) is 45.7 cm³/mol. The third-order valence-corrected chi connectivity index (χ3v) is 0.898. The quantitative estimate of drug-likeness (QED) is 0.373. The highest BCUT2D eigenvalue weighted by Gasteiger charge is 1.96. The van der Waals surface area contributed by atoms with Gasteiger partial charge >= 0.3 is 0 Å². The lowest BCUT2D eigenvalue weighted by atomic mass is 10.4. The van der Waals surface area contributed by atoms with Gasteiger partial charge < -0.3 is 22.9 Å². The molecule has 0 aliphatic rings. The Labute approximate surface area is 71.3 Å². The largest absolute Gasteiger partial charge is 0.368 e. The smallest absolute Gasteiger partial charge is 0.234 e. The predicted octanol–water partition coefficient (Wildman–Crippen LogP) is -2.36. The Morgan fingerprint density at radius 2 is 1.00 bits per heavy atom. The molecule has 0 aliphatic heterocycles. The van der Waals surface area contributed by atoms with Gasteiger partial charge in [-0.05, 0) is 13.8 Å². The van der Waals surface area contributed by atoms with E-state index in [-0.39, 0.29) is 0 Å². The summed E-state index contributed by atoms with van der Waals surface area (Å²) in [6.07, 6.45) is 0. The first-order valence-electron chi connectivity index (χ1n) is 3.38. The molecule has 6 nitrogen and oxygen atoms in total. The van der Waals surface area contributed by atoms with Crippen LogP contribution < -0.4 is 22.9 Å². The number of hydrogen-bond donors (Lipinski definition) is 4. The fourth-order valence-electron chi connectivity index (χ4n) is 0. The average molecular weight is 176 g/mol. The molecule has 0 saturated carbocycles. The minimum atomic E-state index is -0.509. The van der Waals surface area contributed by atoms with Gasteiger partial charge in [0.1, 0.15) is 0 Å². The van der Waals surface area contributed by atoms with E-state index >= 15 is 0 Å². The Morgan fingerprint density at radius 3 is 1.00 bits per heavy atom. The summed E-state index contributed by atoms with van der Waals surface area (Å²) in [6.45, 7) is 3.09. The molecular weight excluding hydrogens is 160 g/mol. The van der Waals surface area contributed by atoms with E-state index in [1.807, 2.05) is 0 Å². The topological polar surface area (TPSA) is 138 Å². The highest BCUT2D eigenvalue weighted by atomic mass is 16.1. The van der Waals surface area contributed by atoms with Gasteiger partial charge in [0, 0.05) is 0 Å². The minimum Gasteiger partial charge on any atom is -0.368 e. The number of carbonyl (C=O) groups excluding carboxylic acids is 2. The van der Waals surface area contributed by atoms with Crippen LogP contribution in [0, 0.1) is 0 Å². The van der Waals surface area contributed by atoms with Gasteiger partial charge in [-0.2, -0.15) is 0 Å². The Kier molecular flexibility index (Phi) is 7.36. The summed E-state index contributed by atoms with van der Waals surface area (Å²) in [5.41, 5.74) is 19.3. The lowest BCUT2D eigenvalue weighted by molar-refractivity contribution is -0.119. The van der Waals surface area contributed by atoms with Crippen molar-refractivity contribution in [3.05, 3.63) is 0 Å². The van der Waals surface area contributed by atoms with Crippen LogP contribution in [0.15, 0.2) is 0 Å². The van der Waals surface area contributed by atoms with E-state index < -0.39 is 23.9 Å². The van der Waals surface area contributed by atoms with Crippen molar-refractivity contribution in [2.75, 3.05) is 0 Å². The molecule has 0 radical (unpaired) electrons. The number of carbonyl (C=O) groups is 2. The lowest BCUT2D eigenvalue weighted by Crippen LogP contribution is -2.32. The molecule has 0 unspecified atom stereocenters. The van der Waals surface area contributed by atoms with Crippen molar-refractivity contribution < 1.29 is 9.59 Å². The summed E-state index contributed by atoms with van der Waals surface area (Å²) >= 11 is 0. The number of nitrogens with two attached hydrogens (primary N) is 4. The maximum absolute atomic E-state index is 9.80. The zero-order valence-electron chi connectivity index (χ0n) is 7.28. The van der Waals surface area contributed by atoms with Gasteiger partial charge in [0.05, 0.1) is 12.1 Å². The Balaban J connectivity index is 0. The van der Waals surface area contributed by atoms with Gasteiger partial charge in [-0.1, -0.05) is 0 Å². The van der Waals surface area contributed by atoms with E-state index in [1.54, 1.807) is 13.8 Å². The Hall–Kier alpha value is -1.14. The van der Waals surface area contributed by atoms with Crippen LogP contribution in [0.4, 0.5) is 0 Å². The van der Waals surface area contributed by atoms with Crippen LogP contribution in [0.25, 0.3) is 0 Å². The molecule has 0 fully saturated rings. The van der Waals surface area contributed by atoms with Crippen molar-refractivity contribution in [1.82, 2.24) is 0 Å². The number of rotatable bonds is 2. The van der Waals surface area contributed by atoms with Crippen LogP contribution in [-0.4, -0.2) is 23.9 Å². The molecule has 0 heterocycles. The van der Waals surface area contributed by atoms with Gasteiger partial charge in [0.25, 0.3) is 0 Å². The molecule has 0 aromatic heterocycles. The molecule has 8 N–H and O–H groups in total. The van der Waals surface area contributed by atoms with E-state index in [2.05, 4.69) is 11.5 Å². The van der Waals surface area contributed by atoms with E-state index in [9.17, 15) is 9.59 Å². The highest BCUT2D eigenvalue weighted by molar-refractivity contribution is 5.79. The van der Waals surface area contributed by atoms with Crippen molar-refractivity contribution in [3.8, 4) is 0 Å². The van der Waals surface area contributed by atoms with Crippen LogP contribution in [0.5, 0.6) is 0 Å². The summed E-state index contributed by atoms with van der Waals surface area (Å²) < 4.78 is 0. The number of amides is 2. The SMILES string of the molecule is C[C@@H](N)C(N)=O.C[C@H](N)C(N)=O. The zero-order valence-corrected chi connectivity index (χ0v) is 7.28. The molecular formula is C6H16N4O2. The molecule has 2 atom stereocenters. The van der Waals surface area contributed by atoms with Crippen molar-refractivity contribution in [1.29, 1.82) is 0 Å². The molecule has 2 amide bonds. The van der Waals surface area contributed by atoms with Gasteiger partial charge in [-0.15, -0.1) is 0 Å². The van der Waals surface area contributed by atoms with Crippen molar-refractivity contribution >= 4 is 11.8 Å². The van der Waals surface area contributed by atoms with E-state index in [0.29, 0.717) is 0 Å². The van der Waals surface area contributed by atoms with E-state index in [0.717, 1.165) is 0 Å². The second kappa shape index (κ2) is 6.56. The molecule has 0 spiro atoms. The minimum absolute atomic E-state index is 0.463. The molecule has 6 heteroatoms. The maximum Gasteiger partial charge on any atom is 0.234 e. The van der Waals surface area contributed by atoms with Crippen molar-refractivity contribution in [2.24, 2.45) is 22.9 Å². The summed E-state index contributed by atoms with van der Waals surface area (Å²) in [4.78, 5) is 19.6. The summed E-state index contributed by atoms with van der Waals surface area (Å²) in [5.74, 6) is -0.926. The number of hydrogen-bond acceptors (Lipinski definition) is 4. The van der Waals surface area contributed by atoms with Crippen LogP contribution in [0.3, 0.4) is 0 Å². The third kappa shape index (κ3) is 11.6. The third-order valence-electron chi connectivity index (χ3n) is 0.898. The average Bonchev–Trinajstić information content (AvgIpc) is 1.88. The summed E-state index contributed by atoms with van der Waals surface area (Å²) in [6, 6.07) is -1.02. The second-order valence-corrected chi connectivity index (χ2v) is 2.38. The maximum atomic E-state index is 9.80. The van der Waals surface area contributed by atoms with Gasteiger partial charge in [-0.25, -0.2) is 0 Å². The van der Waals surface area contributed by atoms with Crippen molar-refractivity contribution in [3.63, 3.8) is 0 Å². The highest BCUT2D eigenvalue weighted by Crippen LogP contribution is 1.64. The molecule has 0 rings (SSSR count). The Bertz CT molecular complexity index is 138. The van der Waals surface area contributed by atoms with Crippen molar-refractivity contribution in [2.45, 2.75) is 25.9 Å².